The number of benzene rings is 1. The lowest BCUT2D eigenvalue weighted by molar-refractivity contribution is 0.589. The van der Waals surface area contributed by atoms with Gasteiger partial charge in [-0.1, -0.05) is 27.4 Å². The van der Waals surface area contributed by atoms with Crippen molar-refractivity contribution in [2.24, 2.45) is 0 Å². The van der Waals surface area contributed by atoms with E-state index in [-0.39, 0.29) is 4.90 Å². The highest BCUT2D eigenvalue weighted by Crippen LogP contribution is 2.21. The van der Waals surface area contributed by atoms with Crippen molar-refractivity contribution in [2.75, 3.05) is 0 Å². The van der Waals surface area contributed by atoms with Crippen LogP contribution in [-0.2, 0) is 10.0 Å². The summed E-state index contributed by atoms with van der Waals surface area (Å²) in [5.74, 6) is 0. The van der Waals surface area contributed by atoms with Gasteiger partial charge in [0.1, 0.15) is 0 Å². The van der Waals surface area contributed by atoms with Crippen LogP contribution in [0.15, 0.2) is 53.6 Å². The summed E-state index contributed by atoms with van der Waals surface area (Å²) in [4.78, 5) is 4.65. The highest BCUT2D eigenvalue weighted by Gasteiger charge is 2.19. The lowest BCUT2D eigenvalue weighted by Crippen LogP contribution is -2.12. The number of aromatic nitrogens is 2. The second-order valence-electron chi connectivity index (χ2n) is 4.52. The Hall–Kier alpha value is -1.71. The summed E-state index contributed by atoms with van der Waals surface area (Å²) in [5.41, 5.74) is 3.02. The van der Waals surface area contributed by atoms with E-state index in [0.29, 0.717) is 11.0 Å². The summed E-state index contributed by atoms with van der Waals surface area (Å²) in [6.45, 7) is 1.90. The van der Waals surface area contributed by atoms with Crippen LogP contribution in [0.2, 0.25) is 0 Å². The Bertz CT molecular complexity index is 886. The Kier molecular flexibility index (Phi) is 3.11. The normalized spacial score (nSPS) is 11.9. The maximum absolute atomic E-state index is 12.6. The molecule has 0 aliphatic carbocycles. The first kappa shape index (κ1) is 13.3. The summed E-state index contributed by atoms with van der Waals surface area (Å²) in [6, 6.07) is 11.9. The highest BCUT2D eigenvalue weighted by atomic mass is 32.2. The molecule has 2 heterocycles. The summed E-state index contributed by atoms with van der Waals surface area (Å²) in [5, 5.41) is 0. The summed E-state index contributed by atoms with van der Waals surface area (Å²) in [7, 11) is -1.03. The van der Waals surface area contributed by atoms with E-state index in [1.165, 1.54) is 3.97 Å². The number of aryl methyl sites for hydroxylation is 1. The van der Waals surface area contributed by atoms with Gasteiger partial charge in [0.15, 0.2) is 0 Å². The van der Waals surface area contributed by atoms with Gasteiger partial charge in [-0.15, -0.1) is 0 Å². The molecule has 3 aromatic rings. The number of fused-ring (bicyclic) bond motifs is 1. The van der Waals surface area contributed by atoms with Crippen LogP contribution in [0.25, 0.3) is 11.0 Å². The molecule has 0 saturated heterocycles. The van der Waals surface area contributed by atoms with Crippen molar-refractivity contribution in [3.63, 3.8) is 0 Å². The Morgan fingerprint density at radius 2 is 1.85 bits per heavy atom. The number of hydrogen-bond donors (Lipinski definition) is 0. The van der Waals surface area contributed by atoms with Gasteiger partial charge in [0.25, 0.3) is 10.0 Å². The predicted molar refractivity (Wildman–Crippen MR) is 82.8 cm³/mol. The van der Waals surface area contributed by atoms with Crippen molar-refractivity contribution in [3.05, 3.63) is 54.2 Å². The Morgan fingerprint density at radius 3 is 2.55 bits per heavy atom. The molecule has 1 aromatic carbocycles. The van der Waals surface area contributed by atoms with Gasteiger partial charge in [-0.05, 0) is 36.8 Å². The molecule has 6 heteroatoms. The fourth-order valence-corrected chi connectivity index (χ4v) is 3.64. The largest absolute Gasteiger partial charge is 0.268 e. The molecule has 0 amide bonds. The van der Waals surface area contributed by atoms with E-state index in [4.69, 9.17) is 0 Å². The summed E-state index contributed by atoms with van der Waals surface area (Å²) < 4.78 is 26.5. The molecule has 102 valence electrons. The van der Waals surface area contributed by atoms with Crippen molar-refractivity contribution in [1.82, 2.24) is 8.96 Å². The molecule has 20 heavy (non-hydrogen) atoms. The average Bonchev–Trinajstić information content (AvgIpc) is 2.84. The minimum absolute atomic E-state index is 0.269. The lowest BCUT2D eigenvalue weighted by Gasteiger charge is -2.08. The third kappa shape index (κ3) is 2.03. The third-order valence-corrected chi connectivity index (χ3v) is 5.45. The van der Waals surface area contributed by atoms with Crippen LogP contribution in [0.4, 0.5) is 0 Å². The Balaban J connectivity index is 2.28. The Morgan fingerprint density at radius 1 is 1.15 bits per heavy atom. The minimum atomic E-state index is -3.58. The van der Waals surface area contributed by atoms with Crippen molar-refractivity contribution in [2.45, 2.75) is 11.8 Å². The fourth-order valence-electron chi connectivity index (χ4n) is 2.06. The van der Waals surface area contributed by atoms with E-state index in [0.717, 1.165) is 11.0 Å². The van der Waals surface area contributed by atoms with Gasteiger partial charge in [0, 0.05) is 6.20 Å². The molecule has 3 rings (SSSR count). The molecule has 0 radical (unpaired) electrons. The van der Waals surface area contributed by atoms with E-state index < -0.39 is 10.0 Å². The number of nitrogens with zero attached hydrogens (tertiary/aromatic N) is 2. The molecule has 0 fully saturated rings. The first-order valence-corrected chi connectivity index (χ1v) is 8.07. The predicted octanol–water partition coefficient (Wildman–Crippen LogP) is 2.08. The quantitative estimate of drug-likeness (QED) is 0.681. The van der Waals surface area contributed by atoms with Gasteiger partial charge < -0.3 is 0 Å². The zero-order chi connectivity index (χ0) is 14.3. The highest BCUT2D eigenvalue weighted by molar-refractivity contribution is 7.90. The number of rotatable bonds is 2. The second kappa shape index (κ2) is 4.69. The molecule has 0 N–H and O–H groups in total. The Labute approximate surface area is 119 Å². The van der Waals surface area contributed by atoms with Crippen molar-refractivity contribution < 1.29 is 8.42 Å². The van der Waals surface area contributed by atoms with Crippen molar-refractivity contribution in [3.8, 4) is 0 Å². The second-order valence-corrected chi connectivity index (χ2v) is 6.89. The standard InChI is InChI=1S/C14H13N2O2PS/c1-10-9-13-12(15-14(10)19)7-8-16(13)20(17,18)11-5-3-2-4-6-11/h2-9H,19H2,1H3. The summed E-state index contributed by atoms with van der Waals surface area (Å²) >= 11 is 0. The molecule has 0 saturated carbocycles. The van der Waals surface area contributed by atoms with Crippen molar-refractivity contribution >= 4 is 35.7 Å². The van der Waals surface area contributed by atoms with Gasteiger partial charge in [-0.3, -0.25) is 0 Å². The number of pyridine rings is 1. The molecular formula is C14H13N2O2PS. The molecule has 0 aliphatic rings. The first-order chi connectivity index (χ1) is 9.50. The van der Waals surface area contributed by atoms with Gasteiger partial charge >= 0.3 is 0 Å². The van der Waals surface area contributed by atoms with E-state index >= 15 is 0 Å². The van der Waals surface area contributed by atoms with Crippen LogP contribution >= 0.6 is 9.24 Å². The monoisotopic (exact) mass is 304 g/mol. The van der Waals surface area contributed by atoms with Crippen LogP contribution in [0.3, 0.4) is 0 Å². The van der Waals surface area contributed by atoms with Crippen LogP contribution in [0.5, 0.6) is 0 Å². The maximum atomic E-state index is 12.6. The first-order valence-electron chi connectivity index (χ1n) is 6.05. The molecule has 1 atom stereocenters. The summed E-state index contributed by atoms with van der Waals surface area (Å²) in [6.07, 6.45) is 1.55. The SMILES string of the molecule is Cc1cc2c(ccn2S(=O)(=O)c2ccccc2)nc1P. The van der Waals surface area contributed by atoms with Gasteiger partial charge in [0.05, 0.1) is 21.4 Å². The zero-order valence-corrected chi connectivity index (χ0v) is 12.8. The van der Waals surface area contributed by atoms with E-state index in [1.54, 1.807) is 42.6 Å². The van der Waals surface area contributed by atoms with E-state index in [2.05, 4.69) is 14.2 Å². The van der Waals surface area contributed by atoms with Gasteiger partial charge in [-0.2, -0.15) is 0 Å². The van der Waals surface area contributed by atoms with Crippen LogP contribution < -0.4 is 5.44 Å². The lowest BCUT2D eigenvalue weighted by atomic mass is 10.3. The molecule has 2 aromatic heterocycles. The number of hydrogen-bond acceptors (Lipinski definition) is 3. The van der Waals surface area contributed by atoms with Crippen LogP contribution in [0, 0.1) is 6.92 Å². The molecule has 4 nitrogen and oxygen atoms in total. The van der Waals surface area contributed by atoms with E-state index in [1.807, 2.05) is 13.0 Å². The molecule has 0 aliphatic heterocycles. The minimum Gasteiger partial charge on any atom is -0.247 e. The molecule has 0 bridgehead atoms. The fraction of sp³-hybridized carbons (Fsp3) is 0.0714. The maximum Gasteiger partial charge on any atom is 0.268 e. The third-order valence-electron chi connectivity index (χ3n) is 3.17. The zero-order valence-electron chi connectivity index (χ0n) is 10.8. The molecule has 1 unspecified atom stereocenters. The van der Waals surface area contributed by atoms with Crippen LogP contribution in [0.1, 0.15) is 5.56 Å². The molecule has 0 spiro atoms. The van der Waals surface area contributed by atoms with Crippen LogP contribution in [-0.4, -0.2) is 17.4 Å². The molecular weight excluding hydrogens is 291 g/mol. The van der Waals surface area contributed by atoms with Gasteiger partial charge in [-0.25, -0.2) is 17.4 Å². The smallest absolute Gasteiger partial charge is 0.247 e. The average molecular weight is 304 g/mol. The topological polar surface area (TPSA) is 52.0 Å². The van der Waals surface area contributed by atoms with E-state index in [9.17, 15) is 8.42 Å². The van der Waals surface area contributed by atoms with Gasteiger partial charge in [0.2, 0.25) is 0 Å². The van der Waals surface area contributed by atoms with Crippen molar-refractivity contribution in [1.29, 1.82) is 0 Å².